The van der Waals surface area contributed by atoms with Crippen LogP contribution in [0.2, 0.25) is 0 Å². The molecule has 0 saturated carbocycles. The largest absolute Gasteiger partial charge is 0.509 e. The van der Waals surface area contributed by atoms with E-state index in [9.17, 15) is 12.3 Å². The minimum absolute atomic E-state index is 0. The molecule has 3 aliphatic rings. The van der Waals surface area contributed by atoms with Crippen LogP contribution in [0.15, 0.2) is 182 Å². The molecule has 5 nitrogen and oxygen atoms in total. The predicted octanol–water partition coefficient (Wildman–Crippen LogP) is 24.5. The number of aryl methyl sites for hydroxylation is 1. The van der Waals surface area contributed by atoms with Crippen molar-refractivity contribution in [2.45, 2.75) is 188 Å². The first-order valence-electron chi connectivity index (χ1n) is 38.9. The van der Waals surface area contributed by atoms with Crippen LogP contribution in [0.1, 0.15) is 203 Å². The van der Waals surface area contributed by atoms with Gasteiger partial charge in [-0.1, -0.05) is 232 Å². The standard InChI is InChI=1S/C89H93N4O.Pt/c1-56-45-78(90-54-71(56)79-80-72(86(11,12)41-43-88(80,15)16)53-73-81(79)89(17,18)44-42-87(73,13)14)93-74-32-23-22-31-67(74)68-40-39-66(52-77(68)93)94-65-30-26-29-64(51-65)91-55-92(76-34-25-24-33-75(76)91)82-69(59-37-35-58(36-38-59)57-27-20-19-21-28-57)49-63(85(8,9)10)50-70(82)60-46-61(83(2,3)4)48-62(47-60)84(5,6)7;/h19-40,45-50,53-55H,41-44H2,1-18H3;/q-3;/i1D3,22D,23D,31D,32D,35D,36D,37D,38D;. The zero-order valence-electron chi connectivity index (χ0n) is 69.1. The second kappa shape index (κ2) is 23.4. The molecule has 95 heavy (non-hydrogen) atoms. The molecule has 0 bridgehead atoms. The van der Waals surface area contributed by atoms with Crippen LogP contribution in [0.4, 0.5) is 22.7 Å². The predicted molar refractivity (Wildman–Crippen MR) is 397 cm³/mol. The number of hydrogen-bond acceptors (Lipinski definition) is 4. The fraction of sp³-hybridized carbons (Fsp3) is 0.326. The molecule has 2 aromatic heterocycles. The van der Waals surface area contributed by atoms with Gasteiger partial charge in [-0.05, 0) is 185 Å². The molecule has 9 aromatic carbocycles. The first-order chi connectivity index (χ1) is 48.9. The summed E-state index contributed by atoms with van der Waals surface area (Å²) >= 11 is 0. The van der Waals surface area contributed by atoms with Crippen LogP contribution in [0.25, 0.3) is 72.1 Å². The molecular weight excluding hydrogens is 1340 g/mol. The van der Waals surface area contributed by atoms with E-state index in [0.717, 1.165) is 81.6 Å². The summed E-state index contributed by atoms with van der Waals surface area (Å²) in [5.74, 6) is 0.650. The van der Waals surface area contributed by atoms with E-state index in [0.29, 0.717) is 44.7 Å². The van der Waals surface area contributed by atoms with Crippen molar-refractivity contribution in [3.8, 4) is 61.8 Å². The average molecular weight is 1440 g/mol. The molecule has 6 heteroatoms. The van der Waals surface area contributed by atoms with Gasteiger partial charge in [-0.3, -0.25) is 0 Å². The van der Waals surface area contributed by atoms with Gasteiger partial charge in [0.2, 0.25) is 0 Å². The van der Waals surface area contributed by atoms with E-state index in [4.69, 9.17) is 12.5 Å². The summed E-state index contributed by atoms with van der Waals surface area (Å²) in [6, 6.07) is 46.3. The van der Waals surface area contributed by atoms with Gasteiger partial charge in [-0.15, -0.1) is 48.1 Å². The maximum absolute atomic E-state index is 10.0. The van der Waals surface area contributed by atoms with Crippen molar-refractivity contribution >= 4 is 44.6 Å². The fourth-order valence-corrected chi connectivity index (χ4v) is 14.7. The first-order valence-corrected chi connectivity index (χ1v) is 33.4. The third kappa shape index (κ3) is 11.7. The van der Waals surface area contributed by atoms with Gasteiger partial charge in [-0.2, -0.15) is 12.1 Å². The molecule has 11 aromatic rings. The minimum atomic E-state index is -2.67. The van der Waals surface area contributed by atoms with Crippen LogP contribution < -0.4 is 14.5 Å². The van der Waals surface area contributed by atoms with Crippen LogP contribution in [-0.4, -0.2) is 9.55 Å². The third-order valence-electron chi connectivity index (χ3n) is 20.6. The number of benzene rings is 9. The zero-order valence-corrected chi connectivity index (χ0v) is 60.4. The number of aromatic nitrogens is 2. The fourth-order valence-electron chi connectivity index (χ4n) is 14.7. The van der Waals surface area contributed by atoms with E-state index < -0.39 is 24.4 Å². The molecule has 0 fully saturated rings. The Morgan fingerprint density at radius 3 is 1.66 bits per heavy atom. The zero-order chi connectivity index (χ0) is 75.9. The normalized spacial score (nSPS) is 18.1. The van der Waals surface area contributed by atoms with Gasteiger partial charge in [0.25, 0.3) is 0 Å². The molecule has 0 unspecified atom stereocenters. The number of hydrogen-bond donors (Lipinski definition) is 0. The molecule has 0 N–H and O–H groups in total. The molecule has 0 amide bonds. The van der Waals surface area contributed by atoms with Crippen molar-refractivity contribution in [1.29, 1.82) is 0 Å². The monoisotopic (exact) mass is 1440 g/mol. The van der Waals surface area contributed by atoms with Crippen molar-refractivity contribution in [1.82, 2.24) is 9.55 Å². The smallest absolute Gasteiger partial charge is 0.135 e. The van der Waals surface area contributed by atoms with Gasteiger partial charge in [0.15, 0.2) is 0 Å². The number of para-hydroxylation sites is 3. The van der Waals surface area contributed by atoms with Crippen LogP contribution in [0.3, 0.4) is 0 Å². The Morgan fingerprint density at radius 1 is 0.505 bits per heavy atom. The molecule has 14 rings (SSSR count). The number of fused-ring (bicyclic) bond motifs is 6. The summed E-state index contributed by atoms with van der Waals surface area (Å²) in [7, 11) is 0. The second-order valence-electron chi connectivity index (χ2n) is 32.3. The van der Waals surface area contributed by atoms with Crippen LogP contribution >= 0.6 is 0 Å². The Bertz CT molecular complexity index is 5320. The minimum Gasteiger partial charge on any atom is -0.509 e. The number of ether oxygens (including phenoxy) is 1. The van der Waals surface area contributed by atoms with Gasteiger partial charge in [0.1, 0.15) is 5.82 Å². The third-order valence-corrected chi connectivity index (χ3v) is 20.6. The van der Waals surface area contributed by atoms with Crippen LogP contribution in [0.5, 0.6) is 11.5 Å². The van der Waals surface area contributed by atoms with Gasteiger partial charge in [-0.25, -0.2) is 4.98 Å². The Kier molecular flexibility index (Phi) is 13.1. The molecule has 1 aliphatic heterocycles. The van der Waals surface area contributed by atoms with Gasteiger partial charge < -0.3 is 19.1 Å². The van der Waals surface area contributed by atoms with Gasteiger partial charge in [0.05, 0.1) is 11.0 Å². The van der Waals surface area contributed by atoms with Crippen LogP contribution in [-0.2, 0) is 59.0 Å². The summed E-state index contributed by atoms with van der Waals surface area (Å²) in [4.78, 5) is 9.35. The van der Waals surface area contributed by atoms with Crippen molar-refractivity contribution in [2.75, 3.05) is 9.80 Å². The number of nitrogens with zero attached hydrogens (tertiary/aromatic N) is 4. The molecule has 0 spiro atoms. The average Bonchev–Trinajstić information content (AvgIpc) is 0.793. The molecule has 2 aliphatic carbocycles. The number of anilines is 4. The van der Waals surface area contributed by atoms with E-state index in [1.54, 1.807) is 35.0 Å². The number of pyridine rings is 1. The molecular formula is C89H93N4OPt-3. The summed E-state index contributed by atoms with van der Waals surface area (Å²) in [5.41, 5.74) is 13.9. The van der Waals surface area contributed by atoms with Crippen molar-refractivity contribution in [2.24, 2.45) is 0 Å². The van der Waals surface area contributed by atoms with Gasteiger partial charge >= 0.3 is 0 Å². The summed E-state index contributed by atoms with van der Waals surface area (Å²) in [6.07, 6.45) is 5.44. The number of rotatable bonds is 9. The van der Waals surface area contributed by atoms with Crippen LogP contribution in [0, 0.1) is 25.7 Å². The summed E-state index contributed by atoms with van der Waals surface area (Å²) in [5, 5.41) is 0.652. The SMILES string of the molecule is [2H]c1c([2H])c(-c2cc(C(C)(C)C)cc(-c3cc(C(C)(C)C)cc(C(C)(C)C)c3)c2N2[CH-]N(c3[c-]c(Oc4[c-]c5c(cc4)c4c([2H])c([2H])c([2H])c([2H])c4n5-c4cc(C([2H])([2H])[2H])c(-c5c6c(cc7c5C(C)(C)CCC7(C)C)C(C)(C)CCC6(C)C)cn4)ccc3)c3ccccc32)c([2H])c([2H])c1-c1ccccc1.[Pt]. The quantitative estimate of drug-likeness (QED) is 0.135. The van der Waals surface area contributed by atoms with Gasteiger partial charge in [0, 0.05) is 82.1 Å². The Morgan fingerprint density at radius 2 is 1.05 bits per heavy atom. The van der Waals surface area contributed by atoms with Crippen molar-refractivity contribution < 1.29 is 40.9 Å². The Balaban J connectivity index is 0.00000995. The topological polar surface area (TPSA) is 33.5 Å². The van der Waals surface area contributed by atoms with E-state index in [2.05, 4.69) is 165 Å². The van der Waals surface area contributed by atoms with E-state index >= 15 is 0 Å². The maximum atomic E-state index is 10.0. The Labute approximate surface area is 596 Å². The van der Waals surface area contributed by atoms with E-state index in [-0.39, 0.29) is 129 Å². The molecule has 0 atom stereocenters. The molecule has 0 radical (unpaired) electrons. The first kappa shape index (κ1) is 53.2. The molecule has 3 heterocycles. The summed E-state index contributed by atoms with van der Waals surface area (Å²) in [6.45, 7) is 37.3. The maximum Gasteiger partial charge on any atom is 0.135 e. The summed E-state index contributed by atoms with van der Waals surface area (Å²) < 4.78 is 113. The van der Waals surface area contributed by atoms with Crippen molar-refractivity contribution in [3.63, 3.8) is 0 Å². The Hall–Kier alpha value is -7.98. The molecule has 488 valence electrons. The second-order valence-corrected chi connectivity index (χ2v) is 32.3. The molecule has 0 saturated heterocycles. The van der Waals surface area contributed by atoms with E-state index in [1.807, 2.05) is 84.4 Å². The van der Waals surface area contributed by atoms with Crippen molar-refractivity contribution in [3.05, 3.63) is 245 Å². The van der Waals surface area contributed by atoms with E-state index in [1.165, 1.54) is 11.1 Å².